The van der Waals surface area contributed by atoms with E-state index in [-0.39, 0.29) is 5.75 Å². The molecule has 90 valence electrons. The summed E-state index contributed by atoms with van der Waals surface area (Å²) in [6.07, 6.45) is 2.33. The number of hydrogen-bond donors (Lipinski definition) is 2. The van der Waals surface area contributed by atoms with Gasteiger partial charge in [-0.15, -0.1) is 0 Å². The normalized spacial score (nSPS) is 10.9. The van der Waals surface area contributed by atoms with Crippen LogP contribution in [0.5, 0.6) is 5.75 Å². The van der Waals surface area contributed by atoms with Crippen molar-refractivity contribution in [3.8, 4) is 5.75 Å². The molecule has 1 aromatic carbocycles. The van der Waals surface area contributed by atoms with Crippen molar-refractivity contribution >= 4 is 11.3 Å². The molecule has 0 saturated carbocycles. The predicted octanol–water partition coefficient (Wildman–Crippen LogP) is 2.21. The predicted molar refractivity (Wildman–Crippen MR) is 70.5 cm³/mol. The van der Waals surface area contributed by atoms with Crippen LogP contribution >= 0.6 is 0 Å². The summed E-state index contributed by atoms with van der Waals surface area (Å²) in [5.74, 6) is 1.75. The Balaban J connectivity index is 2.09. The fraction of sp³-hybridized carbons (Fsp3) is 0.0714. The summed E-state index contributed by atoms with van der Waals surface area (Å²) in [5, 5.41) is 9.78. The third kappa shape index (κ3) is 1.68. The number of phenolic OH excluding ortho intramolecular Hbond substituents is 1. The van der Waals surface area contributed by atoms with Crippen LogP contribution in [-0.4, -0.2) is 14.5 Å². The van der Waals surface area contributed by atoms with Crippen LogP contribution < -0.4 is 5.73 Å². The number of para-hydroxylation sites is 1. The first-order valence-corrected chi connectivity index (χ1v) is 5.73. The minimum absolute atomic E-state index is 0.281. The minimum atomic E-state index is 0.281. The number of rotatable bonds is 2. The van der Waals surface area contributed by atoms with Crippen molar-refractivity contribution in [1.29, 1.82) is 0 Å². The lowest BCUT2D eigenvalue weighted by molar-refractivity contribution is 0.469. The van der Waals surface area contributed by atoms with Crippen LogP contribution in [0.2, 0.25) is 0 Å². The first kappa shape index (κ1) is 10.7. The highest BCUT2D eigenvalue weighted by atomic mass is 16.3. The Morgan fingerprint density at radius 1 is 1.11 bits per heavy atom. The number of anilines is 1. The number of imidazole rings is 1. The second-order valence-electron chi connectivity index (χ2n) is 4.19. The number of hydrogen-bond acceptors (Lipinski definition) is 3. The highest BCUT2D eigenvalue weighted by Gasteiger charge is 2.08. The molecule has 0 aliphatic carbocycles. The van der Waals surface area contributed by atoms with Crippen molar-refractivity contribution in [3.05, 3.63) is 60.0 Å². The number of nitrogens with two attached hydrogens (primary N) is 1. The van der Waals surface area contributed by atoms with Crippen LogP contribution in [0, 0.1) is 0 Å². The summed E-state index contributed by atoms with van der Waals surface area (Å²) in [6.45, 7) is 0. The highest BCUT2D eigenvalue weighted by Crippen LogP contribution is 2.21. The van der Waals surface area contributed by atoms with Crippen LogP contribution in [0.3, 0.4) is 0 Å². The Labute approximate surface area is 104 Å². The molecule has 4 nitrogen and oxygen atoms in total. The monoisotopic (exact) mass is 239 g/mol. The number of fused-ring (bicyclic) bond motifs is 1. The summed E-state index contributed by atoms with van der Waals surface area (Å²) in [7, 11) is 0. The van der Waals surface area contributed by atoms with E-state index in [1.807, 2.05) is 34.7 Å². The van der Waals surface area contributed by atoms with Gasteiger partial charge in [-0.25, -0.2) is 4.98 Å². The summed E-state index contributed by atoms with van der Waals surface area (Å²) in [4.78, 5) is 4.36. The van der Waals surface area contributed by atoms with E-state index in [0.29, 0.717) is 12.2 Å². The van der Waals surface area contributed by atoms with E-state index >= 15 is 0 Å². The second kappa shape index (κ2) is 4.07. The Bertz CT molecular complexity index is 703. The topological polar surface area (TPSA) is 63.5 Å². The first-order chi connectivity index (χ1) is 8.75. The molecule has 0 atom stereocenters. The Hall–Kier alpha value is -2.49. The molecule has 3 N–H and O–H groups in total. The molecule has 0 fully saturated rings. The maximum absolute atomic E-state index is 9.78. The lowest BCUT2D eigenvalue weighted by atomic mass is 10.1. The maximum Gasteiger partial charge on any atom is 0.119 e. The van der Waals surface area contributed by atoms with Crippen molar-refractivity contribution in [2.45, 2.75) is 6.42 Å². The molecular weight excluding hydrogens is 226 g/mol. The zero-order valence-electron chi connectivity index (χ0n) is 9.74. The van der Waals surface area contributed by atoms with Crippen molar-refractivity contribution in [2.75, 3.05) is 5.73 Å². The largest absolute Gasteiger partial charge is 0.508 e. The van der Waals surface area contributed by atoms with Gasteiger partial charge in [0.15, 0.2) is 0 Å². The molecule has 3 rings (SSSR count). The van der Waals surface area contributed by atoms with Gasteiger partial charge in [-0.3, -0.25) is 4.40 Å². The van der Waals surface area contributed by atoms with E-state index in [1.54, 1.807) is 18.3 Å². The fourth-order valence-electron chi connectivity index (χ4n) is 2.10. The standard InChI is InChI=1S/C14H13N3O/c15-13-7-3-5-11-9-16-14(17(11)13)8-10-4-1-2-6-12(10)18/h1-7,9,18H,8,15H2. The number of nitrogens with zero attached hydrogens (tertiary/aromatic N) is 2. The van der Waals surface area contributed by atoms with Gasteiger partial charge in [-0.2, -0.15) is 0 Å². The number of phenols is 1. The summed E-state index contributed by atoms with van der Waals surface area (Å²) in [5.41, 5.74) is 7.75. The number of nitrogen functional groups attached to an aromatic ring is 1. The van der Waals surface area contributed by atoms with E-state index in [2.05, 4.69) is 4.98 Å². The highest BCUT2D eigenvalue weighted by molar-refractivity contribution is 5.53. The molecule has 0 unspecified atom stereocenters. The Kier molecular flexibility index (Phi) is 2.41. The third-order valence-electron chi connectivity index (χ3n) is 2.99. The average Bonchev–Trinajstić information content (AvgIpc) is 2.77. The molecule has 2 heterocycles. The lowest BCUT2D eigenvalue weighted by Gasteiger charge is -2.06. The summed E-state index contributed by atoms with van der Waals surface area (Å²) in [6, 6.07) is 13.0. The SMILES string of the molecule is Nc1cccc2cnc(Cc3ccccc3O)n12. The van der Waals surface area contributed by atoms with Crippen LogP contribution in [0.1, 0.15) is 11.4 Å². The molecule has 0 aliphatic rings. The van der Waals surface area contributed by atoms with Gasteiger partial charge < -0.3 is 10.8 Å². The van der Waals surface area contributed by atoms with E-state index in [4.69, 9.17) is 5.73 Å². The molecule has 4 heteroatoms. The second-order valence-corrected chi connectivity index (χ2v) is 4.19. The molecule has 2 aromatic heterocycles. The van der Waals surface area contributed by atoms with Crippen molar-refractivity contribution in [3.63, 3.8) is 0 Å². The lowest BCUT2D eigenvalue weighted by Crippen LogP contribution is -2.02. The van der Waals surface area contributed by atoms with Gasteiger partial charge in [0, 0.05) is 12.0 Å². The summed E-state index contributed by atoms with van der Waals surface area (Å²) < 4.78 is 1.90. The molecule has 0 amide bonds. The average molecular weight is 239 g/mol. The maximum atomic E-state index is 9.78. The minimum Gasteiger partial charge on any atom is -0.508 e. The van der Waals surface area contributed by atoms with E-state index in [9.17, 15) is 5.11 Å². The Morgan fingerprint density at radius 2 is 1.94 bits per heavy atom. The number of pyridine rings is 1. The molecule has 0 saturated heterocycles. The first-order valence-electron chi connectivity index (χ1n) is 5.73. The molecule has 0 spiro atoms. The van der Waals surface area contributed by atoms with Gasteiger partial charge in [0.05, 0.1) is 11.7 Å². The zero-order valence-corrected chi connectivity index (χ0v) is 9.74. The Morgan fingerprint density at radius 3 is 2.78 bits per heavy atom. The quantitative estimate of drug-likeness (QED) is 0.720. The molecule has 0 aliphatic heterocycles. The van der Waals surface area contributed by atoms with Crippen LogP contribution in [0.4, 0.5) is 5.82 Å². The number of aromatic hydroxyl groups is 1. The molecule has 18 heavy (non-hydrogen) atoms. The van der Waals surface area contributed by atoms with E-state index in [0.717, 1.165) is 16.9 Å². The van der Waals surface area contributed by atoms with Gasteiger partial charge in [0.2, 0.25) is 0 Å². The van der Waals surface area contributed by atoms with Gasteiger partial charge in [-0.1, -0.05) is 24.3 Å². The third-order valence-corrected chi connectivity index (χ3v) is 2.99. The fourth-order valence-corrected chi connectivity index (χ4v) is 2.10. The molecule has 0 bridgehead atoms. The molecule has 0 radical (unpaired) electrons. The van der Waals surface area contributed by atoms with Crippen molar-refractivity contribution in [2.24, 2.45) is 0 Å². The van der Waals surface area contributed by atoms with Gasteiger partial charge in [-0.05, 0) is 18.2 Å². The van der Waals surface area contributed by atoms with Crippen LogP contribution in [0.15, 0.2) is 48.7 Å². The smallest absolute Gasteiger partial charge is 0.119 e. The van der Waals surface area contributed by atoms with Gasteiger partial charge in [0.1, 0.15) is 17.4 Å². The van der Waals surface area contributed by atoms with Gasteiger partial charge in [0.25, 0.3) is 0 Å². The molecule has 3 aromatic rings. The van der Waals surface area contributed by atoms with Crippen molar-refractivity contribution in [1.82, 2.24) is 9.38 Å². The van der Waals surface area contributed by atoms with Gasteiger partial charge >= 0.3 is 0 Å². The zero-order chi connectivity index (χ0) is 12.5. The number of benzene rings is 1. The van der Waals surface area contributed by atoms with Crippen molar-refractivity contribution < 1.29 is 5.11 Å². The van der Waals surface area contributed by atoms with E-state index < -0.39 is 0 Å². The summed E-state index contributed by atoms with van der Waals surface area (Å²) >= 11 is 0. The number of aromatic nitrogens is 2. The molecular formula is C14H13N3O. The van der Waals surface area contributed by atoms with Crippen LogP contribution in [0.25, 0.3) is 5.52 Å². The van der Waals surface area contributed by atoms with E-state index in [1.165, 1.54) is 0 Å². The van der Waals surface area contributed by atoms with Crippen LogP contribution in [-0.2, 0) is 6.42 Å².